The number of hydrogen-bond acceptors (Lipinski definition) is 6. The quantitative estimate of drug-likeness (QED) is 0.583. The summed E-state index contributed by atoms with van der Waals surface area (Å²) in [7, 11) is 0. The first kappa shape index (κ1) is 16.5. The van der Waals surface area contributed by atoms with E-state index in [1.54, 1.807) is 47.1 Å². The molecule has 1 amide bonds. The molecule has 0 unspecified atom stereocenters. The molecule has 0 aliphatic rings. The Hall–Kier alpha value is -3.94. The standard InChI is InChI=1S/C19H15N5O3/c1-13-8-10-24(23-13)17-6-7-18(22-21-17)27-16-4-2-15(3-5-16)20-19(25)14-9-11-26-12-14/h2-12H,1H3,(H,20,25). The summed E-state index contributed by atoms with van der Waals surface area (Å²) in [5.41, 5.74) is 2.00. The molecule has 8 nitrogen and oxygen atoms in total. The number of hydrogen-bond donors (Lipinski definition) is 1. The summed E-state index contributed by atoms with van der Waals surface area (Å²) < 4.78 is 12.2. The van der Waals surface area contributed by atoms with Crippen molar-refractivity contribution in [3.8, 4) is 17.4 Å². The van der Waals surface area contributed by atoms with Crippen LogP contribution in [0.3, 0.4) is 0 Å². The van der Waals surface area contributed by atoms with Gasteiger partial charge in [-0.25, -0.2) is 4.68 Å². The fourth-order valence-corrected chi connectivity index (χ4v) is 2.36. The third-order valence-corrected chi connectivity index (χ3v) is 3.70. The van der Waals surface area contributed by atoms with E-state index in [-0.39, 0.29) is 5.91 Å². The number of anilines is 1. The normalized spacial score (nSPS) is 10.6. The maximum absolute atomic E-state index is 12.0. The highest BCUT2D eigenvalue weighted by molar-refractivity contribution is 6.03. The Morgan fingerprint density at radius 3 is 2.56 bits per heavy atom. The highest BCUT2D eigenvalue weighted by Crippen LogP contribution is 2.22. The van der Waals surface area contributed by atoms with E-state index in [0.29, 0.717) is 28.7 Å². The van der Waals surface area contributed by atoms with Crippen LogP contribution in [0.15, 0.2) is 71.7 Å². The van der Waals surface area contributed by atoms with Crippen LogP contribution in [0.1, 0.15) is 16.1 Å². The van der Waals surface area contributed by atoms with Gasteiger partial charge in [-0.15, -0.1) is 10.2 Å². The van der Waals surface area contributed by atoms with Gasteiger partial charge < -0.3 is 14.5 Å². The van der Waals surface area contributed by atoms with Crippen LogP contribution in [0.25, 0.3) is 5.82 Å². The molecule has 27 heavy (non-hydrogen) atoms. The van der Waals surface area contributed by atoms with E-state index in [0.717, 1.165) is 5.69 Å². The first-order valence-electron chi connectivity index (χ1n) is 8.15. The number of furan rings is 1. The lowest BCUT2D eigenvalue weighted by Crippen LogP contribution is -2.10. The minimum absolute atomic E-state index is 0.243. The Balaban J connectivity index is 1.40. The molecule has 1 N–H and O–H groups in total. The number of aryl methyl sites for hydroxylation is 1. The second-order valence-electron chi connectivity index (χ2n) is 5.72. The van der Waals surface area contributed by atoms with Crippen molar-refractivity contribution in [1.82, 2.24) is 20.0 Å². The van der Waals surface area contributed by atoms with Gasteiger partial charge in [0.1, 0.15) is 12.0 Å². The number of carbonyl (C=O) groups excluding carboxylic acids is 1. The largest absolute Gasteiger partial charge is 0.472 e. The van der Waals surface area contributed by atoms with Gasteiger partial charge in [-0.2, -0.15) is 5.10 Å². The Bertz CT molecular complexity index is 1040. The average Bonchev–Trinajstić information content (AvgIpc) is 3.36. The fraction of sp³-hybridized carbons (Fsp3) is 0.0526. The molecule has 0 spiro atoms. The number of ether oxygens (including phenoxy) is 1. The predicted molar refractivity (Wildman–Crippen MR) is 97.1 cm³/mol. The molecule has 0 radical (unpaired) electrons. The number of amides is 1. The number of rotatable bonds is 5. The molecule has 0 atom stereocenters. The molecule has 0 bridgehead atoms. The predicted octanol–water partition coefficient (Wildman–Crippen LogP) is 3.61. The van der Waals surface area contributed by atoms with Crippen LogP contribution in [0.4, 0.5) is 5.69 Å². The molecular formula is C19H15N5O3. The van der Waals surface area contributed by atoms with Crippen LogP contribution in [0, 0.1) is 6.92 Å². The summed E-state index contributed by atoms with van der Waals surface area (Å²) >= 11 is 0. The average molecular weight is 361 g/mol. The van der Waals surface area contributed by atoms with E-state index >= 15 is 0 Å². The summed E-state index contributed by atoms with van der Waals surface area (Å²) in [5.74, 6) is 1.30. The Morgan fingerprint density at radius 1 is 1.07 bits per heavy atom. The number of aromatic nitrogens is 4. The van der Waals surface area contributed by atoms with Crippen LogP contribution in [0.5, 0.6) is 11.6 Å². The maximum atomic E-state index is 12.0. The van der Waals surface area contributed by atoms with E-state index in [1.807, 2.05) is 19.2 Å². The Kier molecular flexibility index (Phi) is 4.36. The van der Waals surface area contributed by atoms with E-state index in [1.165, 1.54) is 12.5 Å². The third kappa shape index (κ3) is 3.84. The van der Waals surface area contributed by atoms with E-state index in [9.17, 15) is 4.79 Å². The van der Waals surface area contributed by atoms with Gasteiger partial charge in [0, 0.05) is 18.0 Å². The van der Waals surface area contributed by atoms with Crippen LogP contribution in [-0.4, -0.2) is 25.9 Å². The molecule has 0 aliphatic heterocycles. The molecule has 3 aromatic heterocycles. The van der Waals surface area contributed by atoms with Crippen molar-refractivity contribution in [2.45, 2.75) is 6.92 Å². The molecule has 0 saturated carbocycles. The van der Waals surface area contributed by atoms with Crippen molar-refractivity contribution in [2.24, 2.45) is 0 Å². The lowest BCUT2D eigenvalue weighted by Gasteiger charge is -2.07. The van der Waals surface area contributed by atoms with Gasteiger partial charge in [0.25, 0.3) is 5.91 Å². The number of benzene rings is 1. The van der Waals surface area contributed by atoms with Crippen molar-refractivity contribution in [3.05, 3.63) is 78.5 Å². The van der Waals surface area contributed by atoms with Gasteiger partial charge in [0.15, 0.2) is 5.82 Å². The van der Waals surface area contributed by atoms with Gasteiger partial charge in [-0.1, -0.05) is 0 Å². The van der Waals surface area contributed by atoms with Crippen molar-refractivity contribution >= 4 is 11.6 Å². The lowest BCUT2D eigenvalue weighted by molar-refractivity contribution is 0.102. The van der Waals surface area contributed by atoms with E-state index in [2.05, 4.69) is 20.6 Å². The molecular weight excluding hydrogens is 346 g/mol. The summed E-state index contributed by atoms with van der Waals surface area (Å²) in [5, 5.41) is 15.2. The number of nitrogens with one attached hydrogen (secondary N) is 1. The van der Waals surface area contributed by atoms with Crippen LogP contribution in [-0.2, 0) is 0 Å². The van der Waals surface area contributed by atoms with Crippen LogP contribution >= 0.6 is 0 Å². The van der Waals surface area contributed by atoms with E-state index < -0.39 is 0 Å². The maximum Gasteiger partial charge on any atom is 0.258 e. The molecule has 3 heterocycles. The molecule has 0 saturated heterocycles. The van der Waals surface area contributed by atoms with Crippen molar-refractivity contribution in [1.29, 1.82) is 0 Å². The van der Waals surface area contributed by atoms with Gasteiger partial charge in [-0.05, 0) is 49.4 Å². The molecule has 0 fully saturated rings. The van der Waals surface area contributed by atoms with Crippen molar-refractivity contribution < 1.29 is 13.9 Å². The molecule has 134 valence electrons. The van der Waals surface area contributed by atoms with Gasteiger partial charge in [0.2, 0.25) is 5.88 Å². The topological polar surface area (TPSA) is 95.1 Å². The molecule has 4 aromatic rings. The first-order chi connectivity index (χ1) is 13.2. The third-order valence-electron chi connectivity index (χ3n) is 3.70. The SMILES string of the molecule is Cc1ccn(-c2ccc(Oc3ccc(NC(=O)c4ccoc4)cc3)nn2)n1. The number of nitrogens with zero attached hydrogens (tertiary/aromatic N) is 4. The molecule has 8 heteroatoms. The Labute approximate surface area is 154 Å². The lowest BCUT2D eigenvalue weighted by atomic mass is 10.2. The summed E-state index contributed by atoms with van der Waals surface area (Å²) in [6.07, 6.45) is 4.65. The van der Waals surface area contributed by atoms with Gasteiger partial charge in [0.05, 0.1) is 17.5 Å². The highest BCUT2D eigenvalue weighted by Gasteiger charge is 2.08. The minimum Gasteiger partial charge on any atom is -0.472 e. The Morgan fingerprint density at radius 2 is 1.93 bits per heavy atom. The first-order valence-corrected chi connectivity index (χ1v) is 8.15. The summed E-state index contributed by atoms with van der Waals surface area (Å²) in [6.45, 7) is 1.91. The second-order valence-corrected chi connectivity index (χ2v) is 5.72. The molecule has 0 aliphatic carbocycles. The number of carbonyl (C=O) groups is 1. The van der Waals surface area contributed by atoms with Crippen molar-refractivity contribution in [3.63, 3.8) is 0 Å². The smallest absolute Gasteiger partial charge is 0.258 e. The summed E-state index contributed by atoms with van der Waals surface area (Å²) in [6, 6.07) is 13.9. The zero-order valence-electron chi connectivity index (χ0n) is 14.4. The molecule has 1 aromatic carbocycles. The monoisotopic (exact) mass is 361 g/mol. The second kappa shape index (κ2) is 7.12. The van der Waals surface area contributed by atoms with E-state index in [4.69, 9.17) is 9.15 Å². The minimum atomic E-state index is -0.243. The van der Waals surface area contributed by atoms with Crippen LogP contribution < -0.4 is 10.1 Å². The van der Waals surface area contributed by atoms with Crippen molar-refractivity contribution in [2.75, 3.05) is 5.32 Å². The summed E-state index contributed by atoms with van der Waals surface area (Å²) in [4.78, 5) is 12.0. The zero-order chi connectivity index (χ0) is 18.6. The zero-order valence-corrected chi connectivity index (χ0v) is 14.4. The van der Waals surface area contributed by atoms with Gasteiger partial charge >= 0.3 is 0 Å². The highest BCUT2D eigenvalue weighted by atomic mass is 16.5. The van der Waals surface area contributed by atoms with Gasteiger partial charge in [-0.3, -0.25) is 4.79 Å². The fourth-order valence-electron chi connectivity index (χ4n) is 2.36. The van der Waals surface area contributed by atoms with Crippen LogP contribution in [0.2, 0.25) is 0 Å². The molecule has 4 rings (SSSR count).